The third-order valence-corrected chi connectivity index (χ3v) is 3.21. The predicted octanol–water partition coefficient (Wildman–Crippen LogP) is 2.76. The van der Waals surface area contributed by atoms with Gasteiger partial charge in [-0.2, -0.15) is 5.10 Å². The largest absolute Gasteiger partial charge is 0.379 e. The fourth-order valence-corrected chi connectivity index (χ4v) is 2.04. The molecule has 0 amide bonds. The lowest BCUT2D eigenvalue weighted by atomic mass is 9.95. The van der Waals surface area contributed by atoms with Crippen LogP contribution < -0.4 is 5.32 Å². The zero-order chi connectivity index (χ0) is 13.6. The van der Waals surface area contributed by atoms with E-state index in [2.05, 4.69) is 44.3 Å². The molecule has 0 saturated heterocycles. The van der Waals surface area contributed by atoms with Crippen molar-refractivity contribution in [2.24, 2.45) is 0 Å². The second-order valence-electron chi connectivity index (χ2n) is 5.31. The number of aromatic nitrogens is 2. The summed E-state index contributed by atoms with van der Waals surface area (Å²) in [5, 5.41) is 7.91. The van der Waals surface area contributed by atoms with Gasteiger partial charge >= 0.3 is 0 Å². The molecule has 1 N–H and O–H groups in total. The van der Waals surface area contributed by atoms with Crippen LogP contribution in [0, 0.1) is 0 Å². The third-order valence-electron chi connectivity index (χ3n) is 3.21. The molecule has 1 atom stereocenters. The summed E-state index contributed by atoms with van der Waals surface area (Å²) < 4.78 is 7.54. The van der Waals surface area contributed by atoms with Gasteiger partial charge in [-0.1, -0.05) is 13.8 Å². The van der Waals surface area contributed by atoms with E-state index >= 15 is 0 Å². The molecule has 104 valence electrons. The fraction of sp³-hybridized carbons (Fsp3) is 0.786. The van der Waals surface area contributed by atoms with Crippen LogP contribution in [0.2, 0.25) is 0 Å². The van der Waals surface area contributed by atoms with E-state index in [1.54, 1.807) is 7.11 Å². The number of hydrogen-bond acceptors (Lipinski definition) is 3. The van der Waals surface area contributed by atoms with Crippen molar-refractivity contribution in [3.8, 4) is 0 Å². The number of methoxy groups -OCH3 is 1. The summed E-state index contributed by atoms with van der Waals surface area (Å²) in [6, 6.07) is 0.301. The molecule has 4 heteroatoms. The van der Waals surface area contributed by atoms with Crippen molar-refractivity contribution >= 4 is 0 Å². The first kappa shape index (κ1) is 15.2. The van der Waals surface area contributed by atoms with E-state index in [1.807, 2.05) is 10.9 Å². The predicted molar refractivity (Wildman–Crippen MR) is 74.6 cm³/mol. The number of aryl methyl sites for hydroxylation is 1. The monoisotopic (exact) mass is 253 g/mol. The van der Waals surface area contributed by atoms with Gasteiger partial charge in [-0.3, -0.25) is 4.68 Å². The molecule has 1 heterocycles. The maximum atomic E-state index is 5.52. The Bertz CT molecular complexity index is 347. The Kier molecular flexibility index (Phi) is 5.82. The molecule has 4 nitrogen and oxygen atoms in total. The Labute approximate surface area is 111 Å². The van der Waals surface area contributed by atoms with Crippen LogP contribution in [0.3, 0.4) is 0 Å². The molecule has 0 spiro atoms. The number of ether oxygens (including phenoxy) is 1. The smallest absolute Gasteiger partial charge is 0.0640 e. The molecule has 0 aliphatic heterocycles. The summed E-state index contributed by atoms with van der Waals surface area (Å²) in [5.41, 5.74) is 1.12. The van der Waals surface area contributed by atoms with Gasteiger partial charge in [0.05, 0.1) is 11.8 Å². The standard InChI is InChI=1S/C14H27N3O/c1-6-8-17-11-12(10-16-17)13(15-7-2)9-14(3,4)18-5/h10-11,13,15H,6-9H2,1-5H3. The van der Waals surface area contributed by atoms with E-state index < -0.39 is 0 Å². The lowest BCUT2D eigenvalue weighted by Crippen LogP contribution is -2.31. The van der Waals surface area contributed by atoms with Crippen molar-refractivity contribution in [1.29, 1.82) is 0 Å². The minimum atomic E-state index is -0.125. The highest BCUT2D eigenvalue weighted by Gasteiger charge is 2.24. The molecule has 1 aromatic rings. The Balaban J connectivity index is 2.76. The Morgan fingerprint density at radius 1 is 1.44 bits per heavy atom. The van der Waals surface area contributed by atoms with Gasteiger partial charge in [0.15, 0.2) is 0 Å². The number of hydrogen-bond donors (Lipinski definition) is 1. The SMILES string of the molecule is CCCn1cc(C(CC(C)(C)OC)NCC)cn1. The Hall–Kier alpha value is -0.870. The molecule has 1 aromatic heterocycles. The molecule has 0 radical (unpaired) electrons. The summed E-state index contributed by atoms with van der Waals surface area (Å²) in [7, 11) is 1.77. The van der Waals surface area contributed by atoms with Crippen molar-refractivity contribution in [2.45, 2.75) is 58.7 Å². The van der Waals surface area contributed by atoms with Gasteiger partial charge in [0, 0.05) is 31.5 Å². The van der Waals surface area contributed by atoms with E-state index in [0.717, 1.165) is 25.9 Å². The zero-order valence-corrected chi connectivity index (χ0v) is 12.4. The third kappa shape index (κ3) is 4.42. The molecule has 1 unspecified atom stereocenters. The fourth-order valence-electron chi connectivity index (χ4n) is 2.04. The van der Waals surface area contributed by atoms with Crippen molar-refractivity contribution in [3.05, 3.63) is 18.0 Å². The maximum absolute atomic E-state index is 5.52. The van der Waals surface area contributed by atoms with Crippen LogP contribution in [-0.2, 0) is 11.3 Å². The Morgan fingerprint density at radius 2 is 2.17 bits per heavy atom. The first-order valence-electron chi connectivity index (χ1n) is 6.83. The summed E-state index contributed by atoms with van der Waals surface area (Å²) in [4.78, 5) is 0. The van der Waals surface area contributed by atoms with Gasteiger partial charge in [0.25, 0.3) is 0 Å². The van der Waals surface area contributed by atoms with Gasteiger partial charge in [0.2, 0.25) is 0 Å². The summed E-state index contributed by atoms with van der Waals surface area (Å²) in [5.74, 6) is 0. The van der Waals surface area contributed by atoms with Crippen LogP contribution in [0.5, 0.6) is 0 Å². The van der Waals surface area contributed by atoms with Crippen LogP contribution in [-0.4, -0.2) is 29.0 Å². The zero-order valence-electron chi connectivity index (χ0n) is 12.4. The first-order valence-corrected chi connectivity index (χ1v) is 6.83. The minimum Gasteiger partial charge on any atom is -0.379 e. The quantitative estimate of drug-likeness (QED) is 0.774. The molecule has 18 heavy (non-hydrogen) atoms. The second kappa shape index (κ2) is 6.90. The van der Waals surface area contributed by atoms with Gasteiger partial charge in [-0.15, -0.1) is 0 Å². The normalized spacial score (nSPS) is 13.8. The van der Waals surface area contributed by atoms with Gasteiger partial charge in [-0.05, 0) is 33.2 Å². The highest BCUT2D eigenvalue weighted by atomic mass is 16.5. The topological polar surface area (TPSA) is 39.1 Å². The van der Waals surface area contributed by atoms with E-state index in [-0.39, 0.29) is 5.60 Å². The van der Waals surface area contributed by atoms with Crippen LogP contribution in [0.4, 0.5) is 0 Å². The number of nitrogens with zero attached hydrogens (tertiary/aromatic N) is 2. The molecule has 0 saturated carbocycles. The van der Waals surface area contributed by atoms with Crippen molar-refractivity contribution in [2.75, 3.05) is 13.7 Å². The van der Waals surface area contributed by atoms with Gasteiger partial charge in [-0.25, -0.2) is 0 Å². The first-order chi connectivity index (χ1) is 8.52. The summed E-state index contributed by atoms with van der Waals surface area (Å²) in [6.45, 7) is 10.5. The number of nitrogens with one attached hydrogen (secondary N) is 1. The minimum absolute atomic E-state index is 0.125. The number of rotatable bonds is 8. The van der Waals surface area contributed by atoms with E-state index in [0.29, 0.717) is 6.04 Å². The second-order valence-corrected chi connectivity index (χ2v) is 5.31. The van der Waals surface area contributed by atoms with Crippen LogP contribution in [0.1, 0.15) is 52.1 Å². The van der Waals surface area contributed by atoms with Gasteiger partial charge < -0.3 is 10.1 Å². The maximum Gasteiger partial charge on any atom is 0.0640 e. The summed E-state index contributed by atoms with van der Waals surface area (Å²) in [6.07, 6.45) is 6.16. The molecule has 0 aliphatic rings. The summed E-state index contributed by atoms with van der Waals surface area (Å²) >= 11 is 0. The highest BCUT2D eigenvalue weighted by Crippen LogP contribution is 2.25. The average molecular weight is 253 g/mol. The molecule has 0 aromatic carbocycles. The van der Waals surface area contributed by atoms with Crippen LogP contribution in [0.25, 0.3) is 0 Å². The van der Waals surface area contributed by atoms with Gasteiger partial charge in [0.1, 0.15) is 0 Å². The molecular formula is C14H27N3O. The van der Waals surface area contributed by atoms with Crippen molar-refractivity contribution in [3.63, 3.8) is 0 Å². The molecule has 1 rings (SSSR count). The molecular weight excluding hydrogens is 226 g/mol. The molecule has 0 fully saturated rings. The molecule has 0 bridgehead atoms. The van der Waals surface area contributed by atoms with E-state index in [4.69, 9.17) is 4.74 Å². The Morgan fingerprint density at radius 3 is 2.72 bits per heavy atom. The van der Waals surface area contributed by atoms with Crippen LogP contribution in [0.15, 0.2) is 12.4 Å². The highest BCUT2D eigenvalue weighted by molar-refractivity contribution is 5.11. The lowest BCUT2D eigenvalue weighted by molar-refractivity contribution is 0.00696. The lowest BCUT2D eigenvalue weighted by Gasteiger charge is -2.28. The molecule has 0 aliphatic carbocycles. The van der Waals surface area contributed by atoms with E-state index in [1.165, 1.54) is 5.56 Å². The van der Waals surface area contributed by atoms with Crippen molar-refractivity contribution < 1.29 is 4.74 Å². The van der Waals surface area contributed by atoms with Crippen LogP contribution >= 0.6 is 0 Å². The van der Waals surface area contributed by atoms with E-state index in [9.17, 15) is 0 Å². The average Bonchev–Trinajstić information content (AvgIpc) is 2.77. The van der Waals surface area contributed by atoms with Crippen molar-refractivity contribution in [1.82, 2.24) is 15.1 Å².